The molecular weight excluding hydrogens is 108 g/mol. The third-order valence-electron chi connectivity index (χ3n) is 0.734. The maximum Gasteiger partial charge on any atom is 0.303 e. The third kappa shape index (κ3) is 5.69. The van der Waals surface area contributed by atoms with Gasteiger partial charge in [0.2, 0.25) is 0 Å². The number of aliphatic carboxylic acids is 1. The molecule has 0 amide bonds. The molecule has 0 aliphatic carbocycles. The molecule has 0 aromatic carbocycles. The summed E-state index contributed by atoms with van der Waals surface area (Å²) in [5.41, 5.74) is 0. The first-order chi connectivity index (χ1) is 3.81. The Bertz CT molecular complexity index is 76.4. The van der Waals surface area contributed by atoms with E-state index in [4.69, 9.17) is 1.43 Å². The van der Waals surface area contributed by atoms with Gasteiger partial charge in [-0.1, -0.05) is 12.6 Å². The zero-order chi connectivity index (χ0) is 6.41. The maximum atomic E-state index is 10.2. The van der Waals surface area contributed by atoms with Gasteiger partial charge in [-0.3, -0.25) is 4.79 Å². The van der Waals surface area contributed by atoms with Gasteiger partial charge in [0.25, 0.3) is 1.43 Å². The maximum absolute atomic E-state index is 10.2. The lowest BCUT2D eigenvalue weighted by molar-refractivity contribution is -0.136. The van der Waals surface area contributed by atoms with E-state index in [1.807, 2.05) is 0 Å². The van der Waals surface area contributed by atoms with Crippen molar-refractivity contribution in [3.63, 3.8) is 0 Å². The Labute approximate surface area is 46.9 Å². The minimum atomic E-state index is -0.403. The van der Waals surface area contributed by atoms with Crippen LogP contribution in [-0.2, 0) is 4.79 Å². The topological polar surface area (TPSA) is 37.3 Å². The fourth-order valence-corrected chi connectivity index (χ4v) is 0.963. The monoisotopic (exact) mass is 119 g/mol. The summed E-state index contributed by atoms with van der Waals surface area (Å²) < 4.78 is 6.15. The summed E-state index contributed by atoms with van der Waals surface area (Å²) in [5.74, 6) is -0.403. The molecule has 0 radical (unpaired) electrons. The lowest BCUT2D eigenvalue weighted by Crippen LogP contribution is -1.94. The van der Waals surface area contributed by atoms with E-state index in [0.717, 1.165) is 6.04 Å². The molecule has 0 saturated heterocycles. The van der Waals surface area contributed by atoms with Gasteiger partial charge < -0.3 is 5.11 Å². The number of rotatable bonds is 3. The van der Waals surface area contributed by atoms with Gasteiger partial charge in [0.05, 0.1) is 0 Å². The smallest absolute Gasteiger partial charge is 0.303 e. The third-order valence-corrected chi connectivity index (χ3v) is 1.80. The van der Waals surface area contributed by atoms with E-state index < -0.39 is 5.97 Å². The SMILES string of the molecule is [2H]OC(=O)CC[SiH2]C. The molecule has 0 aliphatic rings. The van der Waals surface area contributed by atoms with Gasteiger partial charge in [-0.15, -0.1) is 0 Å². The fourth-order valence-electron chi connectivity index (χ4n) is 0.321. The highest BCUT2D eigenvalue weighted by Gasteiger charge is 1.91. The van der Waals surface area contributed by atoms with Gasteiger partial charge >= 0.3 is 5.97 Å². The summed E-state index contributed by atoms with van der Waals surface area (Å²) in [4.78, 5) is 10.2. The van der Waals surface area contributed by atoms with Crippen LogP contribution in [0.15, 0.2) is 0 Å². The Morgan fingerprint density at radius 2 is 2.86 bits per heavy atom. The van der Waals surface area contributed by atoms with Gasteiger partial charge in [0, 0.05) is 15.9 Å². The van der Waals surface area contributed by atoms with Crippen LogP contribution in [0.25, 0.3) is 1.43 Å². The van der Waals surface area contributed by atoms with Crippen molar-refractivity contribution < 1.29 is 9.90 Å². The van der Waals surface area contributed by atoms with E-state index >= 15 is 0 Å². The first kappa shape index (κ1) is 4.84. The number of carbonyl (C=O) groups is 1. The van der Waals surface area contributed by atoms with Gasteiger partial charge in [0.15, 0.2) is 0 Å². The van der Waals surface area contributed by atoms with Crippen molar-refractivity contribution >= 4 is 15.5 Å². The van der Waals surface area contributed by atoms with Crippen LogP contribution in [0, 0.1) is 0 Å². The molecule has 0 rings (SSSR count). The largest absolute Gasteiger partial charge is 0.481 e. The summed E-state index contributed by atoms with van der Waals surface area (Å²) in [6, 6.07) is 0.956. The Morgan fingerprint density at radius 1 is 2.14 bits per heavy atom. The first-order valence-electron chi connectivity index (χ1n) is 2.88. The van der Waals surface area contributed by atoms with Crippen LogP contribution < -0.4 is 0 Å². The van der Waals surface area contributed by atoms with E-state index in [0.29, 0.717) is 6.42 Å². The molecule has 0 bridgehead atoms. The molecule has 0 spiro atoms. The Balaban J connectivity index is 2.99. The van der Waals surface area contributed by atoms with Crippen molar-refractivity contribution in [1.29, 1.82) is 1.43 Å². The van der Waals surface area contributed by atoms with Gasteiger partial charge in [-0.25, -0.2) is 0 Å². The molecule has 42 valence electrons. The summed E-state index contributed by atoms with van der Waals surface area (Å²) in [6.07, 6.45) is 0.437. The number of hydrogen-bond acceptors (Lipinski definition) is 2. The Kier molecular flexibility index (Phi) is 2.67. The molecule has 0 atom stereocenters. The van der Waals surface area contributed by atoms with Crippen molar-refractivity contribution in [3.8, 4) is 0 Å². The first-order valence-corrected chi connectivity index (χ1v) is 4.88. The summed E-state index contributed by atoms with van der Waals surface area (Å²) in [5, 5.41) is 3.69. The van der Waals surface area contributed by atoms with Crippen molar-refractivity contribution in [2.75, 3.05) is 0 Å². The van der Waals surface area contributed by atoms with Crippen molar-refractivity contribution in [2.45, 2.75) is 19.0 Å². The van der Waals surface area contributed by atoms with Crippen LogP contribution in [0.3, 0.4) is 0 Å². The van der Waals surface area contributed by atoms with Gasteiger partial charge in [-0.05, 0) is 0 Å². The van der Waals surface area contributed by atoms with Gasteiger partial charge in [-0.2, -0.15) is 0 Å². The van der Waals surface area contributed by atoms with E-state index in [9.17, 15) is 4.79 Å². The van der Waals surface area contributed by atoms with Crippen LogP contribution in [0.4, 0.5) is 0 Å². The molecule has 0 aromatic heterocycles. The normalized spacial score (nSPS) is 11.9. The van der Waals surface area contributed by atoms with Crippen molar-refractivity contribution in [1.82, 2.24) is 0 Å². The predicted octanol–water partition coefficient (Wildman–Crippen LogP) is 0.0963. The van der Waals surface area contributed by atoms with Gasteiger partial charge in [0.1, 0.15) is 0 Å². The minimum absolute atomic E-state index is 0.0223. The number of hydrogen-bond donors (Lipinski definition) is 1. The zero-order valence-electron chi connectivity index (χ0n) is 5.44. The predicted molar refractivity (Wildman–Crippen MR) is 31.5 cm³/mol. The minimum Gasteiger partial charge on any atom is -0.481 e. The highest BCUT2D eigenvalue weighted by atomic mass is 28.2. The van der Waals surface area contributed by atoms with E-state index in [1.165, 1.54) is 0 Å². The zero-order valence-corrected chi connectivity index (χ0v) is 5.85. The second-order valence-electron chi connectivity index (χ2n) is 1.48. The lowest BCUT2D eigenvalue weighted by atomic mass is 10.5. The van der Waals surface area contributed by atoms with Crippen LogP contribution in [0.1, 0.15) is 6.42 Å². The van der Waals surface area contributed by atoms with E-state index in [2.05, 4.69) is 11.7 Å². The average molecular weight is 119 g/mol. The lowest BCUT2D eigenvalue weighted by Gasteiger charge is -1.84. The van der Waals surface area contributed by atoms with Crippen LogP contribution in [-0.4, -0.2) is 20.6 Å². The van der Waals surface area contributed by atoms with E-state index in [-0.39, 0.29) is 9.52 Å². The molecule has 2 nitrogen and oxygen atoms in total. The molecular formula is C4H10O2Si. The average Bonchev–Trinajstić information content (AvgIpc) is 1.83. The van der Waals surface area contributed by atoms with Crippen LogP contribution in [0.2, 0.25) is 12.6 Å². The summed E-state index contributed by atoms with van der Waals surface area (Å²) in [7, 11) is -0.0223. The molecule has 1 N–H and O–H groups in total. The molecule has 0 fully saturated rings. The van der Waals surface area contributed by atoms with Crippen LogP contribution >= 0.6 is 0 Å². The van der Waals surface area contributed by atoms with E-state index in [1.54, 1.807) is 0 Å². The molecule has 7 heavy (non-hydrogen) atoms. The Hall–Kier alpha value is -0.313. The highest BCUT2D eigenvalue weighted by Crippen LogP contribution is 1.85. The summed E-state index contributed by atoms with van der Waals surface area (Å²) >= 11 is 0. The summed E-state index contributed by atoms with van der Waals surface area (Å²) in [6.45, 7) is 2.12. The molecule has 0 aromatic rings. The number of carboxylic acids is 1. The number of carboxylic acid groups (broad SMARTS) is 1. The molecule has 0 saturated carbocycles. The van der Waals surface area contributed by atoms with Crippen molar-refractivity contribution in [3.05, 3.63) is 0 Å². The van der Waals surface area contributed by atoms with Crippen molar-refractivity contribution in [2.24, 2.45) is 0 Å². The highest BCUT2D eigenvalue weighted by molar-refractivity contribution is 6.33. The fraction of sp³-hybridized carbons (Fsp3) is 0.750. The molecule has 3 heteroatoms. The molecule has 0 unspecified atom stereocenters. The second-order valence-corrected chi connectivity index (χ2v) is 3.18. The van der Waals surface area contributed by atoms with Crippen LogP contribution in [0.5, 0.6) is 0 Å². The Morgan fingerprint density at radius 3 is 3.29 bits per heavy atom. The molecule has 0 aliphatic heterocycles. The quantitative estimate of drug-likeness (QED) is 0.535. The molecule has 0 heterocycles. The second kappa shape index (κ2) is 3.86. The standard InChI is InChI=1S/C4H10O2Si/c1-7-3-2-4(5)6/h2-3,7H2,1H3,(H,5,6)/i/hD.